The van der Waals surface area contributed by atoms with Gasteiger partial charge in [0, 0.05) is 43.0 Å². The minimum atomic E-state index is 0.754. The highest BCUT2D eigenvalue weighted by atomic mass is 79.9. The minimum Gasteiger partial charge on any atom is -0.343 e. The van der Waals surface area contributed by atoms with Crippen molar-refractivity contribution in [3.63, 3.8) is 0 Å². The summed E-state index contributed by atoms with van der Waals surface area (Å²) in [5, 5.41) is 3.11. The van der Waals surface area contributed by atoms with Gasteiger partial charge < -0.3 is 10.2 Å². The molecule has 2 rings (SSSR count). The van der Waals surface area contributed by atoms with Crippen LogP contribution in [-0.4, -0.2) is 37.2 Å². The van der Waals surface area contributed by atoms with Crippen LogP contribution in [0, 0.1) is 0 Å². The summed E-state index contributed by atoms with van der Waals surface area (Å²) >= 11 is 5.14. The van der Waals surface area contributed by atoms with Crippen LogP contribution < -0.4 is 10.2 Å². The van der Waals surface area contributed by atoms with Crippen molar-refractivity contribution in [1.82, 2.24) is 15.3 Å². The number of nitrogens with one attached hydrogen (secondary N) is 1. The predicted molar refractivity (Wildman–Crippen MR) is 80.2 cm³/mol. The molecule has 2 aromatic rings. The normalized spacial score (nSPS) is 10.6. The highest BCUT2D eigenvalue weighted by Gasteiger charge is 2.06. The van der Waals surface area contributed by atoms with Crippen LogP contribution in [0.1, 0.15) is 0 Å². The number of rotatable bonds is 5. The molecule has 0 aliphatic carbocycles. The summed E-state index contributed by atoms with van der Waals surface area (Å²) in [6.45, 7) is 1.81. The van der Waals surface area contributed by atoms with E-state index < -0.39 is 0 Å². The Morgan fingerprint density at radius 1 is 1.33 bits per heavy atom. The first-order chi connectivity index (χ1) is 8.70. The molecule has 0 aliphatic rings. The first-order valence-electron chi connectivity index (χ1n) is 5.64. The van der Waals surface area contributed by atoms with Crippen LogP contribution in [0.2, 0.25) is 0 Å². The van der Waals surface area contributed by atoms with E-state index in [-0.39, 0.29) is 0 Å². The lowest BCUT2D eigenvalue weighted by Gasteiger charge is -2.16. The molecule has 96 valence electrons. The smallest absolute Gasteiger partial charge is 0.225 e. The molecule has 0 bridgehead atoms. The van der Waals surface area contributed by atoms with Gasteiger partial charge in [-0.2, -0.15) is 0 Å². The average molecular weight is 327 g/mol. The molecule has 2 heterocycles. The quantitative estimate of drug-likeness (QED) is 0.917. The maximum Gasteiger partial charge on any atom is 0.225 e. The summed E-state index contributed by atoms with van der Waals surface area (Å²) < 4.78 is 1.12. The zero-order valence-corrected chi connectivity index (χ0v) is 12.8. The molecular formula is C12H15BrN4S. The van der Waals surface area contributed by atoms with E-state index in [4.69, 9.17) is 0 Å². The van der Waals surface area contributed by atoms with Crippen LogP contribution in [0.5, 0.6) is 0 Å². The molecule has 4 nitrogen and oxygen atoms in total. The Balaban J connectivity index is 2.10. The van der Waals surface area contributed by atoms with E-state index >= 15 is 0 Å². The number of likely N-dealkylation sites (N-methyl/N-ethyl adjacent to an activating group) is 2. The Bertz CT molecular complexity index is 497. The number of hydrogen-bond donors (Lipinski definition) is 1. The number of halogens is 1. The molecule has 0 radical (unpaired) electrons. The Hall–Kier alpha value is -0.980. The zero-order valence-electron chi connectivity index (χ0n) is 10.4. The van der Waals surface area contributed by atoms with E-state index in [2.05, 4.69) is 37.3 Å². The first kappa shape index (κ1) is 13.5. The van der Waals surface area contributed by atoms with E-state index in [1.54, 1.807) is 11.3 Å². The van der Waals surface area contributed by atoms with E-state index in [9.17, 15) is 0 Å². The van der Waals surface area contributed by atoms with Crippen LogP contribution in [0.3, 0.4) is 0 Å². The van der Waals surface area contributed by atoms with Crippen LogP contribution in [0.25, 0.3) is 10.4 Å². The number of anilines is 1. The Morgan fingerprint density at radius 2 is 2.06 bits per heavy atom. The number of aromatic nitrogens is 2. The summed E-state index contributed by atoms with van der Waals surface area (Å²) in [5.74, 6) is 0.754. The van der Waals surface area contributed by atoms with E-state index in [1.165, 1.54) is 4.88 Å². The van der Waals surface area contributed by atoms with Crippen LogP contribution >= 0.6 is 27.3 Å². The number of hydrogen-bond acceptors (Lipinski definition) is 5. The van der Waals surface area contributed by atoms with Gasteiger partial charge in [0.05, 0.1) is 3.79 Å². The second kappa shape index (κ2) is 6.26. The molecule has 1 N–H and O–H groups in total. The Morgan fingerprint density at radius 3 is 2.61 bits per heavy atom. The molecule has 0 spiro atoms. The van der Waals surface area contributed by atoms with Crippen molar-refractivity contribution < 1.29 is 0 Å². The lowest BCUT2D eigenvalue weighted by Crippen LogP contribution is -2.28. The Labute approximate surface area is 119 Å². The van der Waals surface area contributed by atoms with E-state index in [0.29, 0.717) is 0 Å². The zero-order chi connectivity index (χ0) is 13.0. The van der Waals surface area contributed by atoms with E-state index in [1.807, 2.05) is 37.5 Å². The van der Waals surface area contributed by atoms with Crippen molar-refractivity contribution in [1.29, 1.82) is 0 Å². The molecule has 6 heteroatoms. The van der Waals surface area contributed by atoms with Crippen molar-refractivity contribution >= 4 is 33.2 Å². The van der Waals surface area contributed by atoms with Crippen molar-refractivity contribution in [3.05, 3.63) is 28.3 Å². The second-order valence-corrected chi connectivity index (χ2v) is 6.36. The maximum absolute atomic E-state index is 4.40. The van der Waals surface area contributed by atoms with Crippen molar-refractivity contribution in [2.75, 3.05) is 32.1 Å². The molecule has 0 fully saturated rings. The molecular weight excluding hydrogens is 312 g/mol. The first-order valence-corrected chi connectivity index (χ1v) is 7.25. The van der Waals surface area contributed by atoms with Gasteiger partial charge in [-0.25, -0.2) is 9.97 Å². The molecule has 2 aromatic heterocycles. The molecule has 0 amide bonds. The van der Waals surface area contributed by atoms with Gasteiger partial charge in [0.15, 0.2) is 0 Å². The minimum absolute atomic E-state index is 0.754. The molecule has 0 saturated heterocycles. The number of nitrogens with zero attached hydrogens (tertiary/aromatic N) is 3. The second-order valence-electron chi connectivity index (χ2n) is 3.90. The van der Waals surface area contributed by atoms with Crippen molar-refractivity contribution in [2.24, 2.45) is 0 Å². The molecule has 0 aliphatic heterocycles. The third-order valence-corrected chi connectivity index (χ3v) is 4.21. The van der Waals surface area contributed by atoms with Crippen molar-refractivity contribution in [3.8, 4) is 10.4 Å². The van der Waals surface area contributed by atoms with Gasteiger partial charge in [0.25, 0.3) is 0 Å². The van der Waals surface area contributed by atoms with Gasteiger partial charge in [-0.1, -0.05) is 0 Å². The van der Waals surface area contributed by atoms with Gasteiger partial charge in [-0.3, -0.25) is 0 Å². The summed E-state index contributed by atoms with van der Waals surface area (Å²) in [7, 11) is 3.93. The largest absolute Gasteiger partial charge is 0.343 e. The molecule has 0 saturated carbocycles. The van der Waals surface area contributed by atoms with E-state index in [0.717, 1.165) is 28.4 Å². The van der Waals surface area contributed by atoms with Gasteiger partial charge in [-0.15, -0.1) is 11.3 Å². The summed E-state index contributed by atoms with van der Waals surface area (Å²) in [6, 6.07) is 4.10. The monoisotopic (exact) mass is 326 g/mol. The van der Waals surface area contributed by atoms with Crippen molar-refractivity contribution in [2.45, 2.75) is 0 Å². The molecule has 0 unspecified atom stereocenters. The van der Waals surface area contributed by atoms with Crippen LogP contribution in [0.15, 0.2) is 28.3 Å². The third kappa shape index (κ3) is 3.28. The van der Waals surface area contributed by atoms with Crippen LogP contribution in [0.4, 0.5) is 5.95 Å². The van der Waals surface area contributed by atoms with Gasteiger partial charge in [0.1, 0.15) is 0 Å². The standard InChI is InChI=1S/C12H15BrN4S/c1-14-5-6-17(2)12-15-7-9(8-16-12)10-3-4-11(13)18-10/h3-4,7-8,14H,5-6H2,1-2H3. The fraction of sp³-hybridized carbons (Fsp3) is 0.333. The molecule has 0 atom stereocenters. The summed E-state index contributed by atoms with van der Waals surface area (Å²) in [5.41, 5.74) is 1.05. The SMILES string of the molecule is CNCCN(C)c1ncc(-c2ccc(Br)s2)cn1. The maximum atomic E-state index is 4.40. The fourth-order valence-electron chi connectivity index (χ4n) is 1.49. The highest BCUT2D eigenvalue weighted by Crippen LogP contribution is 2.30. The average Bonchev–Trinajstić information content (AvgIpc) is 2.83. The van der Waals surface area contributed by atoms with Gasteiger partial charge in [0.2, 0.25) is 5.95 Å². The Kier molecular flexibility index (Phi) is 4.68. The lowest BCUT2D eigenvalue weighted by atomic mass is 10.3. The highest BCUT2D eigenvalue weighted by molar-refractivity contribution is 9.11. The molecule has 18 heavy (non-hydrogen) atoms. The molecule has 0 aromatic carbocycles. The topological polar surface area (TPSA) is 41.0 Å². The number of thiophene rings is 1. The third-order valence-electron chi connectivity index (χ3n) is 2.53. The predicted octanol–water partition coefficient (Wildman–Crippen LogP) is 2.62. The van der Waals surface area contributed by atoms with Gasteiger partial charge in [-0.05, 0) is 35.1 Å². The summed E-state index contributed by atoms with van der Waals surface area (Å²) in [6.07, 6.45) is 3.74. The van der Waals surface area contributed by atoms with Gasteiger partial charge >= 0.3 is 0 Å². The fourth-order valence-corrected chi connectivity index (χ4v) is 2.86. The lowest BCUT2D eigenvalue weighted by molar-refractivity contribution is 0.753. The van der Waals surface area contributed by atoms with Crippen LogP contribution in [-0.2, 0) is 0 Å². The summed E-state index contributed by atoms with van der Waals surface area (Å²) in [4.78, 5) is 12.0.